The molecule has 0 bridgehead atoms. The van der Waals surface area contributed by atoms with Gasteiger partial charge in [0.2, 0.25) is 0 Å². The Labute approximate surface area is 212 Å². The summed E-state index contributed by atoms with van der Waals surface area (Å²) in [6.07, 6.45) is 3.85. The highest BCUT2D eigenvalue weighted by atomic mass is 16.6. The monoisotopic (exact) mass is 504 g/mol. The molecule has 0 aromatic heterocycles. The van der Waals surface area contributed by atoms with Crippen molar-refractivity contribution in [2.75, 3.05) is 6.61 Å². The molecular formula is C28H40O8. The highest BCUT2D eigenvalue weighted by Crippen LogP contribution is 2.77. The molecule has 4 rings (SSSR count). The molecule has 8 nitrogen and oxygen atoms in total. The number of aliphatic hydroxyl groups excluding tert-OH is 1. The van der Waals surface area contributed by atoms with E-state index < -0.39 is 69.7 Å². The van der Waals surface area contributed by atoms with Gasteiger partial charge in [0, 0.05) is 48.3 Å². The van der Waals surface area contributed by atoms with Crippen molar-refractivity contribution in [2.24, 2.45) is 29.1 Å². The van der Waals surface area contributed by atoms with Gasteiger partial charge in [0.1, 0.15) is 11.7 Å². The fraction of sp³-hybridized carbons (Fsp3) is 0.750. The Morgan fingerprint density at radius 2 is 1.69 bits per heavy atom. The minimum absolute atomic E-state index is 0.109. The Hall–Kier alpha value is -2.03. The molecule has 4 aliphatic carbocycles. The summed E-state index contributed by atoms with van der Waals surface area (Å²) in [6.45, 7) is 10.6. The summed E-state index contributed by atoms with van der Waals surface area (Å²) in [5, 5.41) is 34.5. The Bertz CT molecular complexity index is 1030. The number of hydrogen-bond donors (Lipinski definition) is 3. The fourth-order valence-corrected chi connectivity index (χ4v) is 7.67. The van der Waals surface area contributed by atoms with Crippen LogP contribution >= 0.6 is 0 Å². The first-order chi connectivity index (χ1) is 16.8. The third-order valence-electron chi connectivity index (χ3n) is 9.41. The van der Waals surface area contributed by atoms with E-state index >= 15 is 0 Å². The van der Waals surface area contributed by atoms with Crippen LogP contribution in [0, 0.1) is 29.1 Å². The van der Waals surface area contributed by atoms with Gasteiger partial charge in [-0.25, -0.2) is 0 Å². The van der Waals surface area contributed by atoms with Gasteiger partial charge in [-0.1, -0.05) is 46.8 Å². The normalized spacial score (nSPS) is 42.2. The number of carbonyl (C=O) groups excluding carboxylic acids is 3. The van der Waals surface area contributed by atoms with Crippen molar-refractivity contribution >= 4 is 17.7 Å². The molecule has 0 aromatic rings. The minimum atomic E-state index is -1.92. The molecule has 2 saturated carbocycles. The Morgan fingerprint density at radius 3 is 2.28 bits per heavy atom. The molecule has 8 atom stereocenters. The van der Waals surface area contributed by atoms with Crippen molar-refractivity contribution < 1.29 is 39.2 Å². The standard InChI is InChI=1S/C28H40O8/c1-7-9-20(30)35-24-16(4)27(34)18(22-25(5,6)28(22,24)36-21(31)10-8-2)12-17(14-29)13-26(33)19(27)11-15(3)23(26)32/h11-12,16,18-19,22,24,29,33-34H,7-10,13-14H2,1-6H3/t16-,18+,19-,22+,24-,26-,27-,28-/m1/s1. The number of aliphatic hydroxyl groups is 3. The molecule has 0 heterocycles. The summed E-state index contributed by atoms with van der Waals surface area (Å²) < 4.78 is 12.2. The van der Waals surface area contributed by atoms with Crippen molar-refractivity contribution in [1.29, 1.82) is 0 Å². The molecular weight excluding hydrogens is 464 g/mol. The van der Waals surface area contributed by atoms with E-state index in [0.29, 0.717) is 24.0 Å². The quantitative estimate of drug-likeness (QED) is 0.356. The smallest absolute Gasteiger partial charge is 0.306 e. The molecule has 8 heteroatoms. The van der Waals surface area contributed by atoms with Crippen molar-refractivity contribution in [1.82, 2.24) is 0 Å². The van der Waals surface area contributed by atoms with Crippen LogP contribution in [-0.4, -0.2) is 62.6 Å². The lowest BCUT2D eigenvalue weighted by Gasteiger charge is -2.53. The van der Waals surface area contributed by atoms with Crippen LogP contribution in [-0.2, 0) is 23.9 Å². The van der Waals surface area contributed by atoms with Crippen LogP contribution in [0.4, 0.5) is 0 Å². The minimum Gasteiger partial charge on any atom is -0.458 e. The number of ketones is 1. The van der Waals surface area contributed by atoms with Crippen LogP contribution in [0.15, 0.2) is 23.3 Å². The molecule has 4 aliphatic rings. The van der Waals surface area contributed by atoms with Crippen LogP contribution in [0.3, 0.4) is 0 Å². The zero-order chi connectivity index (χ0) is 26.8. The van der Waals surface area contributed by atoms with Gasteiger partial charge in [0.15, 0.2) is 11.4 Å². The number of rotatable bonds is 7. The summed E-state index contributed by atoms with van der Waals surface area (Å²) >= 11 is 0. The molecule has 36 heavy (non-hydrogen) atoms. The molecule has 3 N–H and O–H groups in total. The van der Waals surface area contributed by atoms with Crippen LogP contribution in [0.5, 0.6) is 0 Å². The second kappa shape index (κ2) is 8.77. The summed E-state index contributed by atoms with van der Waals surface area (Å²) in [6, 6.07) is 0. The lowest BCUT2D eigenvalue weighted by atomic mass is 9.59. The highest BCUT2D eigenvalue weighted by molar-refractivity contribution is 6.04. The lowest BCUT2D eigenvalue weighted by Crippen LogP contribution is -2.66. The van der Waals surface area contributed by atoms with E-state index in [2.05, 4.69) is 0 Å². The Morgan fingerprint density at radius 1 is 1.08 bits per heavy atom. The van der Waals surface area contributed by atoms with E-state index in [0.717, 1.165) is 0 Å². The molecule has 0 saturated heterocycles. The maximum atomic E-state index is 13.2. The van der Waals surface area contributed by atoms with Gasteiger partial charge in [-0.05, 0) is 30.9 Å². The maximum absolute atomic E-state index is 13.2. The van der Waals surface area contributed by atoms with Crippen molar-refractivity contribution in [3.05, 3.63) is 23.3 Å². The van der Waals surface area contributed by atoms with E-state index in [1.54, 1.807) is 26.0 Å². The van der Waals surface area contributed by atoms with Crippen LogP contribution in [0.25, 0.3) is 0 Å². The number of hydrogen-bond acceptors (Lipinski definition) is 8. The predicted octanol–water partition coefficient (Wildman–Crippen LogP) is 2.63. The predicted molar refractivity (Wildman–Crippen MR) is 130 cm³/mol. The molecule has 200 valence electrons. The Kier molecular flexibility index (Phi) is 6.59. The molecule has 0 aromatic carbocycles. The zero-order valence-corrected chi connectivity index (χ0v) is 22.2. The summed E-state index contributed by atoms with van der Waals surface area (Å²) in [4.78, 5) is 38.8. The first kappa shape index (κ1) is 27.0. The fourth-order valence-electron chi connectivity index (χ4n) is 7.67. The molecule has 0 spiro atoms. The van der Waals surface area contributed by atoms with E-state index in [-0.39, 0.29) is 25.9 Å². The number of Topliss-reactive ketones (excluding diaryl/α,β-unsaturated/α-hetero) is 1. The third-order valence-corrected chi connectivity index (χ3v) is 9.41. The van der Waals surface area contributed by atoms with E-state index in [9.17, 15) is 29.7 Å². The third kappa shape index (κ3) is 3.40. The molecule has 0 unspecified atom stereocenters. The number of fused-ring (bicyclic) bond motifs is 5. The lowest BCUT2D eigenvalue weighted by molar-refractivity contribution is -0.229. The molecule has 0 aliphatic heterocycles. The van der Waals surface area contributed by atoms with Gasteiger partial charge in [0.05, 0.1) is 12.2 Å². The second-order valence-electron chi connectivity index (χ2n) is 11.8. The first-order valence-electron chi connectivity index (χ1n) is 13.2. The molecule has 2 fully saturated rings. The summed E-state index contributed by atoms with van der Waals surface area (Å²) in [5.41, 5.74) is -4.69. The number of carbonyl (C=O) groups is 3. The van der Waals surface area contributed by atoms with E-state index in [1.165, 1.54) is 0 Å². The highest BCUT2D eigenvalue weighted by Gasteiger charge is 2.87. The number of esters is 2. The number of ether oxygens (including phenoxy) is 2. The largest absolute Gasteiger partial charge is 0.458 e. The average Bonchev–Trinajstić information content (AvgIpc) is 3.23. The van der Waals surface area contributed by atoms with Gasteiger partial charge < -0.3 is 24.8 Å². The van der Waals surface area contributed by atoms with Crippen LogP contribution in [0.2, 0.25) is 0 Å². The Balaban J connectivity index is 1.92. The van der Waals surface area contributed by atoms with Crippen LogP contribution < -0.4 is 0 Å². The second-order valence-corrected chi connectivity index (χ2v) is 11.8. The SMILES string of the molecule is CCCC(=O)O[C@@H]1[C@@H](C)[C@@]2(O)[C@@H](C=C(CO)C[C@]3(O)C(=O)C(C)=C[C@@H]23)[C@H]2C(C)(C)[C@]12OC(=O)CCC. The van der Waals surface area contributed by atoms with Crippen LogP contribution in [0.1, 0.15) is 73.6 Å². The van der Waals surface area contributed by atoms with E-state index in [1.807, 2.05) is 27.7 Å². The average molecular weight is 505 g/mol. The van der Waals surface area contributed by atoms with Gasteiger partial charge in [-0.15, -0.1) is 0 Å². The van der Waals surface area contributed by atoms with E-state index in [4.69, 9.17) is 9.47 Å². The summed E-state index contributed by atoms with van der Waals surface area (Å²) in [7, 11) is 0. The van der Waals surface area contributed by atoms with Gasteiger partial charge >= 0.3 is 11.9 Å². The molecule has 0 amide bonds. The first-order valence-corrected chi connectivity index (χ1v) is 13.2. The van der Waals surface area contributed by atoms with Crippen molar-refractivity contribution in [3.8, 4) is 0 Å². The van der Waals surface area contributed by atoms with Gasteiger partial charge in [-0.2, -0.15) is 0 Å². The molecule has 0 radical (unpaired) electrons. The van der Waals surface area contributed by atoms with Gasteiger partial charge in [0.25, 0.3) is 0 Å². The summed E-state index contributed by atoms with van der Waals surface area (Å²) in [5.74, 6) is -4.22. The van der Waals surface area contributed by atoms with Crippen molar-refractivity contribution in [3.63, 3.8) is 0 Å². The zero-order valence-electron chi connectivity index (χ0n) is 22.2. The topological polar surface area (TPSA) is 130 Å². The van der Waals surface area contributed by atoms with Crippen molar-refractivity contribution in [2.45, 2.75) is 96.6 Å². The van der Waals surface area contributed by atoms with Gasteiger partial charge in [-0.3, -0.25) is 14.4 Å². The maximum Gasteiger partial charge on any atom is 0.306 e.